The van der Waals surface area contributed by atoms with E-state index in [9.17, 15) is 24.8 Å². The van der Waals surface area contributed by atoms with Gasteiger partial charge in [0.1, 0.15) is 5.75 Å². The Morgan fingerprint density at radius 1 is 1.23 bits per heavy atom. The van der Waals surface area contributed by atoms with E-state index >= 15 is 0 Å². The van der Waals surface area contributed by atoms with E-state index in [1.54, 1.807) is 6.92 Å². The lowest BCUT2D eigenvalue weighted by molar-refractivity contribution is -0.385. The Bertz CT molecular complexity index is 847. The van der Waals surface area contributed by atoms with Gasteiger partial charge in [-0.25, -0.2) is 4.79 Å². The zero-order chi connectivity index (χ0) is 19.3. The summed E-state index contributed by atoms with van der Waals surface area (Å²) in [5.41, 5.74) is 0.722. The minimum absolute atomic E-state index is 0.00175. The maximum atomic E-state index is 12.0. The molecule has 9 heteroatoms. The molecule has 0 aromatic heterocycles. The van der Waals surface area contributed by atoms with Gasteiger partial charge in [-0.05, 0) is 36.8 Å². The van der Waals surface area contributed by atoms with Crippen LogP contribution in [0.1, 0.15) is 15.9 Å². The SMILES string of the molecule is COc1cc(NC(=O)COC(=O)c2ccc(O)cc2)c(C)cc1[N+](=O)[O-]. The predicted molar refractivity (Wildman–Crippen MR) is 91.4 cm³/mol. The van der Waals surface area contributed by atoms with Crippen LogP contribution in [0.3, 0.4) is 0 Å². The van der Waals surface area contributed by atoms with Gasteiger partial charge in [-0.2, -0.15) is 0 Å². The number of nitrogens with one attached hydrogen (secondary N) is 1. The van der Waals surface area contributed by atoms with E-state index in [1.165, 1.54) is 43.5 Å². The molecule has 0 aliphatic heterocycles. The number of aryl methyl sites for hydroxylation is 1. The number of esters is 1. The van der Waals surface area contributed by atoms with Crippen LogP contribution in [0.25, 0.3) is 0 Å². The molecule has 2 N–H and O–H groups in total. The minimum atomic E-state index is -0.724. The molecule has 26 heavy (non-hydrogen) atoms. The molecule has 0 saturated carbocycles. The summed E-state index contributed by atoms with van der Waals surface area (Å²) in [6.45, 7) is 1.04. The van der Waals surface area contributed by atoms with Crippen molar-refractivity contribution in [3.63, 3.8) is 0 Å². The molecule has 2 aromatic rings. The number of rotatable bonds is 6. The van der Waals surface area contributed by atoms with E-state index in [-0.39, 0.29) is 22.7 Å². The summed E-state index contributed by atoms with van der Waals surface area (Å²) in [6.07, 6.45) is 0. The van der Waals surface area contributed by atoms with E-state index in [1.807, 2.05) is 0 Å². The van der Waals surface area contributed by atoms with Gasteiger partial charge >= 0.3 is 11.7 Å². The molecule has 0 saturated heterocycles. The molecule has 136 valence electrons. The standard InChI is InChI=1S/C17H16N2O7/c1-10-7-14(19(23)24)15(25-2)8-13(10)18-16(21)9-26-17(22)11-3-5-12(20)6-4-11/h3-8,20H,9H2,1-2H3,(H,18,21). The summed E-state index contributed by atoms with van der Waals surface area (Å²) >= 11 is 0. The summed E-state index contributed by atoms with van der Waals surface area (Å²) in [7, 11) is 1.28. The molecule has 9 nitrogen and oxygen atoms in total. The average Bonchev–Trinajstić information content (AvgIpc) is 2.61. The number of ether oxygens (including phenoxy) is 2. The van der Waals surface area contributed by atoms with Gasteiger partial charge in [-0.1, -0.05) is 0 Å². The number of carbonyl (C=O) groups is 2. The second kappa shape index (κ2) is 7.97. The summed E-state index contributed by atoms with van der Waals surface area (Å²) in [5, 5.41) is 22.6. The van der Waals surface area contributed by atoms with Crippen molar-refractivity contribution in [3.05, 3.63) is 57.6 Å². The number of hydrogen-bond acceptors (Lipinski definition) is 7. The summed E-state index contributed by atoms with van der Waals surface area (Å²) in [4.78, 5) is 34.2. The van der Waals surface area contributed by atoms with Crippen molar-refractivity contribution >= 4 is 23.3 Å². The Morgan fingerprint density at radius 3 is 2.46 bits per heavy atom. The Morgan fingerprint density at radius 2 is 1.88 bits per heavy atom. The number of benzene rings is 2. The minimum Gasteiger partial charge on any atom is -0.508 e. The quantitative estimate of drug-likeness (QED) is 0.460. The van der Waals surface area contributed by atoms with Gasteiger partial charge in [0.05, 0.1) is 17.6 Å². The molecule has 2 aromatic carbocycles. The molecule has 0 atom stereocenters. The van der Waals surface area contributed by atoms with Crippen LogP contribution in [0.4, 0.5) is 11.4 Å². The third-order valence-electron chi connectivity index (χ3n) is 3.43. The maximum absolute atomic E-state index is 12.0. The molecular weight excluding hydrogens is 344 g/mol. The topological polar surface area (TPSA) is 128 Å². The Labute approximate surface area is 148 Å². The third kappa shape index (κ3) is 4.47. The smallest absolute Gasteiger partial charge is 0.338 e. The Kier molecular flexibility index (Phi) is 5.74. The van der Waals surface area contributed by atoms with Crippen LogP contribution in [0.15, 0.2) is 36.4 Å². The molecule has 0 radical (unpaired) electrons. The van der Waals surface area contributed by atoms with Gasteiger partial charge in [-0.3, -0.25) is 14.9 Å². The first-order valence-electron chi connectivity index (χ1n) is 7.41. The van der Waals surface area contributed by atoms with E-state index < -0.39 is 23.4 Å². The third-order valence-corrected chi connectivity index (χ3v) is 3.43. The van der Waals surface area contributed by atoms with Crippen molar-refractivity contribution in [2.45, 2.75) is 6.92 Å². The molecule has 0 fully saturated rings. The number of carbonyl (C=O) groups excluding carboxylic acids is 2. The van der Waals surface area contributed by atoms with E-state index in [4.69, 9.17) is 9.47 Å². The van der Waals surface area contributed by atoms with Crippen LogP contribution in [-0.4, -0.2) is 35.6 Å². The van der Waals surface area contributed by atoms with Crippen molar-refractivity contribution in [1.82, 2.24) is 0 Å². The van der Waals surface area contributed by atoms with Crippen LogP contribution in [0, 0.1) is 17.0 Å². The zero-order valence-corrected chi connectivity index (χ0v) is 14.0. The molecule has 0 aliphatic carbocycles. The number of hydrogen-bond donors (Lipinski definition) is 2. The van der Waals surface area contributed by atoms with Crippen LogP contribution in [0.5, 0.6) is 11.5 Å². The van der Waals surface area contributed by atoms with E-state index in [0.29, 0.717) is 11.3 Å². The maximum Gasteiger partial charge on any atom is 0.338 e. The summed E-state index contributed by atoms with van der Waals surface area (Å²) < 4.78 is 9.84. The number of amides is 1. The second-order valence-electron chi connectivity index (χ2n) is 5.27. The molecule has 0 unspecified atom stereocenters. The van der Waals surface area contributed by atoms with Crippen LogP contribution < -0.4 is 10.1 Å². The van der Waals surface area contributed by atoms with E-state index in [0.717, 1.165) is 0 Å². The van der Waals surface area contributed by atoms with Gasteiger partial charge in [0, 0.05) is 17.8 Å². The highest BCUT2D eigenvalue weighted by Crippen LogP contribution is 2.32. The van der Waals surface area contributed by atoms with E-state index in [2.05, 4.69) is 5.32 Å². The van der Waals surface area contributed by atoms with Crippen molar-refractivity contribution in [2.24, 2.45) is 0 Å². The first kappa shape index (κ1) is 18.7. The van der Waals surface area contributed by atoms with Crippen LogP contribution >= 0.6 is 0 Å². The fourth-order valence-corrected chi connectivity index (χ4v) is 2.11. The highest BCUT2D eigenvalue weighted by atomic mass is 16.6. The number of nitrogens with zero attached hydrogens (tertiary/aromatic N) is 1. The number of phenols is 1. The first-order chi connectivity index (χ1) is 12.3. The van der Waals surface area contributed by atoms with Gasteiger partial charge in [0.2, 0.25) is 0 Å². The molecule has 2 rings (SSSR count). The molecule has 0 bridgehead atoms. The predicted octanol–water partition coefficient (Wildman–Crippen LogP) is 2.41. The van der Waals surface area contributed by atoms with Crippen molar-refractivity contribution in [2.75, 3.05) is 19.0 Å². The molecule has 1 amide bonds. The van der Waals surface area contributed by atoms with Gasteiger partial charge in [0.25, 0.3) is 5.91 Å². The lowest BCUT2D eigenvalue weighted by Crippen LogP contribution is -2.21. The fourth-order valence-electron chi connectivity index (χ4n) is 2.11. The zero-order valence-electron chi connectivity index (χ0n) is 14.0. The van der Waals surface area contributed by atoms with Crippen LogP contribution in [0.2, 0.25) is 0 Å². The van der Waals surface area contributed by atoms with Crippen LogP contribution in [-0.2, 0) is 9.53 Å². The largest absolute Gasteiger partial charge is 0.508 e. The number of nitro benzene ring substituents is 1. The Balaban J connectivity index is 2.02. The van der Waals surface area contributed by atoms with Crippen molar-refractivity contribution < 1.29 is 29.1 Å². The average molecular weight is 360 g/mol. The molecule has 0 spiro atoms. The number of aromatic hydroxyl groups is 1. The number of phenolic OH excluding ortho intramolecular Hbond substituents is 1. The monoisotopic (exact) mass is 360 g/mol. The summed E-state index contributed by atoms with van der Waals surface area (Å²) in [5.74, 6) is -1.34. The normalized spacial score (nSPS) is 10.1. The number of anilines is 1. The highest BCUT2D eigenvalue weighted by Gasteiger charge is 2.19. The summed E-state index contributed by atoms with van der Waals surface area (Å²) in [6, 6.07) is 7.97. The van der Waals surface area contributed by atoms with Gasteiger partial charge in [0.15, 0.2) is 12.4 Å². The first-order valence-corrected chi connectivity index (χ1v) is 7.41. The van der Waals surface area contributed by atoms with Crippen molar-refractivity contribution in [1.29, 1.82) is 0 Å². The molecule has 0 aliphatic rings. The Hall–Kier alpha value is -3.62. The number of methoxy groups -OCH3 is 1. The lowest BCUT2D eigenvalue weighted by Gasteiger charge is -2.11. The molecule has 0 heterocycles. The van der Waals surface area contributed by atoms with Crippen molar-refractivity contribution in [3.8, 4) is 11.5 Å². The molecular formula is C17H16N2O7. The number of nitro groups is 1. The van der Waals surface area contributed by atoms with Gasteiger partial charge in [-0.15, -0.1) is 0 Å². The second-order valence-corrected chi connectivity index (χ2v) is 5.27. The van der Waals surface area contributed by atoms with Gasteiger partial charge < -0.3 is 19.9 Å². The highest BCUT2D eigenvalue weighted by molar-refractivity contribution is 5.96. The fraction of sp³-hybridized carbons (Fsp3) is 0.176. The lowest BCUT2D eigenvalue weighted by atomic mass is 10.1.